The van der Waals surface area contributed by atoms with Gasteiger partial charge in [-0.15, -0.1) is 0 Å². The van der Waals surface area contributed by atoms with E-state index in [1.807, 2.05) is 61.6 Å². The molecule has 1 amide bonds. The third-order valence-electron chi connectivity index (χ3n) is 7.92. The predicted molar refractivity (Wildman–Crippen MR) is 145 cm³/mol. The summed E-state index contributed by atoms with van der Waals surface area (Å²) < 4.78 is 5.29. The van der Waals surface area contributed by atoms with E-state index in [0.717, 1.165) is 59.8 Å². The van der Waals surface area contributed by atoms with Gasteiger partial charge in [0.1, 0.15) is 6.07 Å². The van der Waals surface area contributed by atoms with Crippen LogP contribution in [0.5, 0.6) is 0 Å². The summed E-state index contributed by atoms with van der Waals surface area (Å²) in [6.45, 7) is 7.04. The Labute approximate surface area is 221 Å². The lowest BCUT2D eigenvalue weighted by molar-refractivity contribution is 0.0987. The van der Waals surface area contributed by atoms with Gasteiger partial charge in [0.25, 0.3) is 11.8 Å². The van der Waals surface area contributed by atoms with Gasteiger partial charge in [0.2, 0.25) is 0 Å². The van der Waals surface area contributed by atoms with Crippen LogP contribution in [0.15, 0.2) is 71.3 Å². The van der Waals surface area contributed by atoms with Crippen molar-refractivity contribution in [1.29, 1.82) is 5.26 Å². The number of para-hydroxylation sites is 1. The molecule has 1 atom stereocenters. The Kier molecular flexibility index (Phi) is 5.73. The highest BCUT2D eigenvalue weighted by Crippen LogP contribution is 2.45. The average molecular weight is 505 g/mol. The number of hydrogen-bond donors (Lipinski definition) is 0. The second kappa shape index (κ2) is 9.12. The van der Waals surface area contributed by atoms with E-state index >= 15 is 0 Å². The van der Waals surface area contributed by atoms with Crippen LogP contribution in [-0.2, 0) is 5.54 Å². The van der Waals surface area contributed by atoms with Crippen LogP contribution in [0.2, 0.25) is 0 Å². The minimum atomic E-state index is -0.489. The number of carbonyl (C=O) groups excluding carboxylic acids is 1. The van der Waals surface area contributed by atoms with Gasteiger partial charge in [-0.3, -0.25) is 9.69 Å². The third-order valence-corrected chi connectivity index (χ3v) is 7.92. The van der Waals surface area contributed by atoms with E-state index in [1.165, 1.54) is 0 Å². The van der Waals surface area contributed by atoms with Gasteiger partial charge < -0.3 is 14.3 Å². The fraction of sp³-hybridized carbons (Fsp3) is 0.267. The number of piperazine rings is 1. The first-order valence-corrected chi connectivity index (χ1v) is 12.7. The van der Waals surface area contributed by atoms with Crippen LogP contribution in [0, 0.1) is 18.3 Å². The molecular weight excluding hydrogens is 476 g/mol. The van der Waals surface area contributed by atoms with E-state index < -0.39 is 5.54 Å². The molecule has 8 nitrogen and oxygen atoms in total. The van der Waals surface area contributed by atoms with Crippen molar-refractivity contribution >= 4 is 17.3 Å². The maximum absolute atomic E-state index is 13.5. The Morgan fingerprint density at radius 3 is 2.37 bits per heavy atom. The van der Waals surface area contributed by atoms with Gasteiger partial charge in [0.05, 0.1) is 16.8 Å². The number of benzene rings is 3. The number of amides is 1. The molecule has 1 unspecified atom stereocenters. The molecule has 4 aromatic rings. The summed E-state index contributed by atoms with van der Waals surface area (Å²) in [6, 6.07) is 24.2. The van der Waals surface area contributed by atoms with Crippen LogP contribution in [0.1, 0.15) is 39.8 Å². The van der Waals surface area contributed by atoms with Gasteiger partial charge >= 0.3 is 0 Å². The predicted octanol–water partition coefficient (Wildman–Crippen LogP) is 4.59. The van der Waals surface area contributed by atoms with Crippen molar-refractivity contribution in [2.75, 3.05) is 43.0 Å². The monoisotopic (exact) mass is 504 g/mol. The number of nitriles is 1. The van der Waals surface area contributed by atoms with E-state index in [1.54, 1.807) is 11.8 Å². The van der Waals surface area contributed by atoms with Gasteiger partial charge in [-0.05, 0) is 49.7 Å². The molecule has 3 aromatic carbocycles. The van der Waals surface area contributed by atoms with Crippen molar-refractivity contribution in [3.05, 3.63) is 94.8 Å². The number of anilines is 2. The minimum Gasteiger partial charge on any atom is -0.368 e. The Hall–Kier alpha value is -4.48. The summed E-state index contributed by atoms with van der Waals surface area (Å²) in [5.74, 6) is 0.973. The largest absolute Gasteiger partial charge is 0.368 e. The molecule has 8 heteroatoms. The van der Waals surface area contributed by atoms with Crippen molar-refractivity contribution in [1.82, 2.24) is 15.0 Å². The quantitative estimate of drug-likeness (QED) is 0.403. The van der Waals surface area contributed by atoms with Crippen molar-refractivity contribution in [3.8, 4) is 17.5 Å². The Balaban J connectivity index is 1.33. The number of rotatable bonds is 3. The first-order valence-electron chi connectivity index (χ1n) is 12.7. The van der Waals surface area contributed by atoms with Crippen molar-refractivity contribution < 1.29 is 9.32 Å². The summed E-state index contributed by atoms with van der Waals surface area (Å²) >= 11 is 0. The number of fused-ring (bicyclic) bond motifs is 2. The van der Waals surface area contributed by atoms with E-state index in [4.69, 9.17) is 4.52 Å². The highest BCUT2D eigenvalue weighted by molar-refractivity contribution is 6.08. The number of aryl methyl sites for hydroxylation is 1. The smallest absolute Gasteiger partial charge is 0.258 e. The highest BCUT2D eigenvalue weighted by Gasteiger charge is 2.44. The van der Waals surface area contributed by atoms with Crippen LogP contribution in [0.3, 0.4) is 0 Å². The van der Waals surface area contributed by atoms with Crippen molar-refractivity contribution in [3.63, 3.8) is 0 Å². The van der Waals surface area contributed by atoms with E-state index in [9.17, 15) is 10.1 Å². The average Bonchev–Trinajstić information content (AvgIpc) is 3.39. The molecule has 1 aromatic heterocycles. The molecule has 6 rings (SSSR count). The van der Waals surface area contributed by atoms with Crippen LogP contribution < -0.4 is 9.80 Å². The van der Waals surface area contributed by atoms with Gasteiger partial charge in [-0.1, -0.05) is 41.6 Å². The zero-order valence-corrected chi connectivity index (χ0v) is 21.7. The molecule has 2 aliphatic rings. The molecule has 0 N–H and O–H groups in total. The topological polar surface area (TPSA) is 89.5 Å². The molecule has 2 aliphatic heterocycles. The Morgan fingerprint density at radius 2 is 1.66 bits per heavy atom. The molecular formula is C30H28N6O2. The van der Waals surface area contributed by atoms with Crippen LogP contribution in [0.4, 0.5) is 11.4 Å². The summed E-state index contributed by atoms with van der Waals surface area (Å²) in [7, 11) is 1.85. The molecule has 0 aliphatic carbocycles. The lowest BCUT2D eigenvalue weighted by Crippen LogP contribution is -2.55. The second-order valence-electron chi connectivity index (χ2n) is 9.96. The number of carbonyl (C=O) groups is 1. The fourth-order valence-electron chi connectivity index (χ4n) is 5.89. The summed E-state index contributed by atoms with van der Waals surface area (Å²) in [5, 5.41) is 13.8. The summed E-state index contributed by atoms with van der Waals surface area (Å²) in [4.78, 5) is 24.2. The maximum atomic E-state index is 13.5. The minimum absolute atomic E-state index is 0.00519. The second-order valence-corrected chi connectivity index (χ2v) is 9.96. The number of nitrogens with zero attached hydrogens (tertiary/aromatic N) is 6. The molecule has 1 saturated heterocycles. The summed E-state index contributed by atoms with van der Waals surface area (Å²) in [6.07, 6.45) is 0. The first-order chi connectivity index (χ1) is 18.4. The van der Waals surface area contributed by atoms with Crippen molar-refractivity contribution in [2.45, 2.75) is 19.4 Å². The van der Waals surface area contributed by atoms with Gasteiger partial charge in [0.15, 0.2) is 5.82 Å². The maximum Gasteiger partial charge on any atom is 0.258 e. The fourth-order valence-corrected chi connectivity index (χ4v) is 5.89. The lowest BCUT2D eigenvalue weighted by atomic mass is 9.80. The Bertz CT molecular complexity index is 1580. The highest BCUT2D eigenvalue weighted by atomic mass is 16.5. The van der Waals surface area contributed by atoms with Gasteiger partial charge in [0, 0.05) is 55.6 Å². The van der Waals surface area contributed by atoms with Crippen LogP contribution in [-0.4, -0.2) is 54.2 Å². The lowest BCUT2D eigenvalue weighted by Gasteiger charge is -2.47. The molecule has 0 bridgehead atoms. The molecule has 0 radical (unpaired) electrons. The van der Waals surface area contributed by atoms with E-state index in [2.05, 4.69) is 45.1 Å². The molecule has 0 saturated carbocycles. The van der Waals surface area contributed by atoms with Crippen molar-refractivity contribution in [2.24, 2.45) is 0 Å². The normalized spacial score (nSPS) is 19.5. The molecule has 38 heavy (non-hydrogen) atoms. The number of hydrogen-bond acceptors (Lipinski definition) is 7. The number of aromatic nitrogens is 2. The SMILES string of the molecule is Cc1noc(-c2ccc(N3CCN(C4(C)c5ccccc5C(=O)N(C)c5ccccc54)CC3)c(C#N)c2)n1. The molecule has 1 fully saturated rings. The van der Waals surface area contributed by atoms with Gasteiger partial charge in [-0.2, -0.15) is 10.2 Å². The van der Waals surface area contributed by atoms with Crippen LogP contribution in [0.25, 0.3) is 11.5 Å². The van der Waals surface area contributed by atoms with Gasteiger partial charge in [-0.25, -0.2) is 0 Å². The van der Waals surface area contributed by atoms with E-state index in [-0.39, 0.29) is 5.91 Å². The third kappa shape index (κ3) is 3.66. The zero-order valence-electron chi connectivity index (χ0n) is 21.7. The standard InChI is InChI=1S/C30H28N6O2/c1-20-32-28(38-33-20)21-12-13-26(22(18-21)19-31)35-14-16-36(17-15-35)30(2)24-9-5-4-8-23(24)29(37)34(3)27-11-7-6-10-25(27)30/h4-13,18H,14-17H2,1-3H3. The zero-order chi connectivity index (χ0) is 26.4. The van der Waals surface area contributed by atoms with E-state index in [0.29, 0.717) is 17.3 Å². The summed E-state index contributed by atoms with van der Waals surface area (Å²) in [5.41, 5.74) is 5.52. The molecule has 0 spiro atoms. The molecule has 3 heterocycles. The Morgan fingerprint density at radius 1 is 0.947 bits per heavy atom. The first kappa shape index (κ1) is 23.9. The van der Waals surface area contributed by atoms with Crippen LogP contribution >= 0.6 is 0 Å². The molecule has 190 valence electrons.